The van der Waals surface area contributed by atoms with Gasteiger partial charge in [0.25, 0.3) is 0 Å². The first-order chi connectivity index (χ1) is 22.5. The molecule has 8 aromatic carbocycles. The van der Waals surface area contributed by atoms with Crippen LogP contribution < -0.4 is 4.90 Å². The van der Waals surface area contributed by atoms with Crippen LogP contribution in [0.25, 0.3) is 63.3 Å². The quantitative estimate of drug-likeness (QED) is 0.181. The Morgan fingerprint density at radius 1 is 0.435 bits per heavy atom. The Hall–Kier alpha value is -5.18. The summed E-state index contributed by atoms with van der Waals surface area (Å²) in [6, 6.07) is 53.9. The minimum absolute atomic E-state index is 0.0843. The fraction of sp³-hybridized carbons (Fsp3) is 0.0909. The molecule has 0 atom stereocenters. The molecule has 0 saturated carbocycles. The first kappa shape index (κ1) is 27.2. The summed E-state index contributed by atoms with van der Waals surface area (Å²) in [5.74, 6) is 0. The Bertz CT molecular complexity index is 2620. The molecular formula is C44H33NS. The Morgan fingerprint density at radius 3 is 1.78 bits per heavy atom. The van der Waals surface area contributed by atoms with Crippen LogP contribution in [-0.4, -0.2) is 0 Å². The predicted octanol–water partition coefficient (Wildman–Crippen LogP) is 13.4. The molecule has 2 heteroatoms. The van der Waals surface area contributed by atoms with Crippen LogP contribution in [0.15, 0.2) is 146 Å². The summed E-state index contributed by atoms with van der Waals surface area (Å²) in [7, 11) is 0. The fourth-order valence-corrected chi connectivity index (χ4v) is 8.62. The molecule has 46 heavy (non-hydrogen) atoms. The topological polar surface area (TPSA) is 3.24 Å². The fourth-order valence-electron chi connectivity index (χ4n) is 7.27. The van der Waals surface area contributed by atoms with E-state index in [1.54, 1.807) is 0 Å². The number of fused-ring (bicyclic) bond motifs is 11. The normalized spacial score (nSPS) is 12.2. The highest BCUT2D eigenvalue weighted by molar-refractivity contribution is 7.27. The maximum absolute atomic E-state index is 2.46. The van der Waals surface area contributed by atoms with Gasteiger partial charge in [-0.1, -0.05) is 136 Å². The van der Waals surface area contributed by atoms with E-state index in [1.165, 1.54) is 74.5 Å². The van der Waals surface area contributed by atoms with Crippen LogP contribution in [0.2, 0.25) is 0 Å². The Labute approximate surface area is 272 Å². The highest BCUT2D eigenvalue weighted by atomic mass is 32.1. The van der Waals surface area contributed by atoms with Crippen molar-refractivity contribution in [2.24, 2.45) is 0 Å². The van der Waals surface area contributed by atoms with E-state index < -0.39 is 0 Å². The summed E-state index contributed by atoms with van der Waals surface area (Å²) in [6.45, 7) is 6.83. The van der Waals surface area contributed by atoms with E-state index in [1.807, 2.05) is 11.3 Å². The van der Waals surface area contributed by atoms with Gasteiger partial charge in [0.05, 0.1) is 10.4 Å². The molecule has 0 fully saturated rings. The van der Waals surface area contributed by atoms with Crippen LogP contribution >= 0.6 is 11.3 Å². The van der Waals surface area contributed by atoms with E-state index in [4.69, 9.17) is 0 Å². The molecule has 1 aromatic heterocycles. The average Bonchev–Trinajstić information content (AvgIpc) is 3.49. The molecule has 0 bridgehead atoms. The standard InChI is InChI=1S/C44H33NS/c1-44(2,3)30-21-23-31(24-22-30)45(32-25-26-34-29(27-32)20-19-28-11-4-5-12-33(28)34)40-18-10-17-39-41-37-15-8-6-13-35(37)36-14-7-9-16-38(36)43(41)46-42(39)40/h4-27H,1-3H3. The van der Waals surface area contributed by atoms with E-state index >= 15 is 0 Å². The zero-order valence-electron chi connectivity index (χ0n) is 26.2. The summed E-state index contributed by atoms with van der Waals surface area (Å²) >= 11 is 1.92. The Balaban J connectivity index is 1.35. The first-order valence-electron chi connectivity index (χ1n) is 16.0. The van der Waals surface area contributed by atoms with Gasteiger partial charge in [0.1, 0.15) is 0 Å². The molecule has 1 nitrogen and oxygen atoms in total. The first-order valence-corrected chi connectivity index (χ1v) is 16.8. The second kappa shape index (κ2) is 10.2. The van der Waals surface area contributed by atoms with Gasteiger partial charge in [-0.15, -0.1) is 11.3 Å². The van der Waals surface area contributed by atoms with Crippen molar-refractivity contribution in [2.45, 2.75) is 26.2 Å². The molecule has 9 aromatic rings. The van der Waals surface area contributed by atoms with Crippen LogP contribution in [0, 0.1) is 0 Å². The van der Waals surface area contributed by atoms with E-state index in [9.17, 15) is 0 Å². The molecule has 0 aliphatic heterocycles. The van der Waals surface area contributed by atoms with E-state index in [0.717, 1.165) is 11.4 Å². The molecule has 0 amide bonds. The van der Waals surface area contributed by atoms with Crippen molar-refractivity contribution in [3.63, 3.8) is 0 Å². The lowest BCUT2D eigenvalue weighted by Gasteiger charge is -2.28. The smallest absolute Gasteiger partial charge is 0.0640 e. The van der Waals surface area contributed by atoms with Crippen molar-refractivity contribution >= 4 is 91.7 Å². The van der Waals surface area contributed by atoms with Crippen LogP contribution in [0.3, 0.4) is 0 Å². The van der Waals surface area contributed by atoms with Crippen molar-refractivity contribution in [1.29, 1.82) is 0 Å². The summed E-state index contributed by atoms with van der Waals surface area (Å²) in [5, 5.41) is 13.0. The zero-order valence-corrected chi connectivity index (χ0v) is 27.0. The van der Waals surface area contributed by atoms with Crippen molar-refractivity contribution in [2.75, 3.05) is 4.90 Å². The third kappa shape index (κ3) is 4.14. The van der Waals surface area contributed by atoms with Gasteiger partial charge >= 0.3 is 0 Å². The third-order valence-corrected chi connectivity index (χ3v) is 10.8. The van der Waals surface area contributed by atoms with Gasteiger partial charge in [-0.3, -0.25) is 0 Å². The lowest BCUT2D eigenvalue weighted by Crippen LogP contribution is -2.13. The van der Waals surface area contributed by atoms with Crippen molar-refractivity contribution in [3.05, 3.63) is 151 Å². The predicted molar refractivity (Wildman–Crippen MR) is 203 cm³/mol. The minimum Gasteiger partial charge on any atom is -0.309 e. The summed E-state index contributed by atoms with van der Waals surface area (Å²) in [4.78, 5) is 2.46. The molecule has 0 radical (unpaired) electrons. The van der Waals surface area contributed by atoms with Crippen LogP contribution in [0.5, 0.6) is 0 Å². The number of benzene rings is 8. The van der Waals surface area contributed by atoms with Crippen molar-refractivity contribution in [1.82, 2.24) is 0 Å². The second-order valence-electron chi connectivity index (χ2n) is 13.4. The monoisotopic (exact) mass is 607 g/mol. The van der Waals surface area contributed by atoms with E-state index in [-0.39, 0.29) is 5.41 Å². The van der Waals surface area contributed by atoms with Crippen LogP contribution in [0.1, 0.15) is 26.3 Å². The molecular weight excluding hydrogens is 575 g/mol. The van der Waals surface area contributed by atoms with Gasteiger partial charge in [-0.05, 0) is 79.0 Å². The maximum Gasteiger partial charge on any atom is 0.0640 e. The van der Waals surface area contributed by atoms with Crippen molar-refractivity contribution in [3.8, 4) is 0 Å². The van der Waals surface area contributed by atoms with E-state index in [0.29, 0.717) is 0 Å². The number of nitrogens with zero attached hydrogens (tertiary/aromatic N) is 1. The largest absolute Gasteiger partial charge is 0.309 e. The summed E-state index contributed by atoms with van der Waals surface area (Å²) in [5.41, 5.74) is 4.94. The van der Waals surface area contributed by atoms with Gasteiger partial charge in [0.15, 0.2) is 0 Å². The SMILES string of the molecule is CC(C)(C)c1ccc(N(c2ccc3c(ccc4ccccc43)c2)c2cccc3c2sc2c4ccccc4c4ccccc4c32)cc1. The number of thiophene rings is 1. The number of hydrogen-bond donors (Lipinski definition) is 0. The molecule has 0 N–H and O–H groups in total. The molecule has 0 saturated heterocycles. The summed E-state index contributed by atoms with van der Waals surface area (Å²) in [6.07, 6.45) is 0. The van der Waals surface area contributed by atoms with Gasteiger partial charge in [-0.2, -0.15) is 0 Å². The molecule has 0 spiro atoms. The molecule has 0 unspecified atom stereocenters. The Kier molecular flexibility index (Phi) is 6.00. The van der Waals surface area contributed by atoms with Crippen LogP contribution in [-0.2, 0) is 5.41 Å². The van der Waals surface area contributed by atoms with Gasteiger partial charge in [0, 0.05) is 32.2 Å². The maximum atomic E-state index is 2.46. The third-order valence-electron chi connectivity index (χ3n) is 9.57. The molecule has 9 rings (SSSR count). The summed E-state index contributed by atoms with van der Waals surface area (Å²) < 4.78 is 2.65. The molecule has 220 valence electrons. The number of anilines is 3. The molecule has 1 heterocycles. The van der Waals surface area contributed by atoms with E-state index in [2.05, 4.69) is 171 Å². The van der Waals surface area contributed by atoms with Gasteiger partial charge in [-0.25, -0.2) is 0 Å². The number of rotatable bonds is 3. The van der Waals surface area contributed by atoms with Gasteiger partial charge < -0.3 is 4.90 Å². The lowest BCUT2D eigenvalue weighted by atomic mass is 9.87. The highest BCUT2D eigenvalue weighted by Crippen LogP contribution is 2.49. The Morgan fingerprint density at radius 2 is 1.02 bits per heavy atom. The molecule has 0 aliphatic rings. The van der Waals surface area contributed by atoms with Crippen LogP contribution in [0.4, 0.5) is 17.1 Å². The average molecular weight is 608 g/mol. The lowest BCUT2D eigenvalue weighted by molar-refractivity contribution is 0.590. The molecule has 0 aliphatic carbocycles. The minimum atomic E-state index is 0.0843. The number of hydrogen-bond acceptors (Lipinski definition) is 2. The zero-order chi connectivity index (χ0) is 31.0. The second-order valence-corrected chi connectivity index (χ2v) is 14.4. The van der Waals surface area contributed by atoms with Gasteiger partial charge in [0.2, 0.25) is 0 Å². The highest BCUT2D eigenvalue weighted by Gasteiger charge is 2.22. The van der Waals surface area contributed by atoms with Crippen molar-refractivity contribution < 1.29 is 0 Å².